The quantitative estimate of drug-likeness (QED) is 0.885. The Balaban J connectivity index is 2.89. The number of nitrogens with zero attached hydrogens (tertiary/aromatic N) is 1. The smallest absolute Gasteiger partial charge is 0.360 e. The van der Waals surface area contributed by atoms with Crippen molar-refractivity contribution in [3.63, 3.8) is 0 Å². The molecule has 17 heavy (non-hydrogen) atoms. The molecule has 0 atom stereocenters. The number of hydrogen-bond acceptors (Lipinski definition) is 2. The molecule has 0 radical (unpaired) electrons. The van der Waals surface area contributed by atoms with E-state index in [1.54, 1.807) is 38.1 Å². The van der Waals surface area contributed by atoms with Gasteiger partial charge in [-0.3, -0.25) is 0 Å². The molecular weight excluding hydrogens is 229 g/mol. The van der Waals surface area contributed by atoms with Gasteiger partial charge < -0.3 is 10.6 Å². The Morgan fingerprint density at radius 2 is 1.71 bits per heavy atom. The Morgan fingerprint density at radius 3 is 2.06 bits per heavy atom. The lowest BCUT2D eigenvalue weighted by Gasteiger charge is -2.30. The van der Waals surface area contributed by atoms with E-state index >= 15 is 0 Å². The molecule has 0 bridgehead atoms. The second-order valence-corrected chi connectivity index (χ2v) is 4.21. The van der Waals surface area contributed by atoms with E-state index in [2.05, 4.69) is 0 Å². The first-order valence-electron chi connectivity index (χ1n) is 5.46. The van der Waals surface area contributed by atoms with E-state index in [-0.39, 0.29) is 6.04 Å². The molecule has 0 fully saturated rings. The molecule has 5 heteroatoms. The molecule has 96 valence electrons. The predicted octanol–water partition coefficient (Wildman–Crippen LogP) is 2.92. The summed E-state index contributed by atoms with van der Waals surface area (Å²) >= 11 is 0. The van der Waals surface area contributed by atoms with Crippen LogP contribution >= 0.6 is 0 Å². The molecule has 1 rings (SSSR count). The van der Waals surface area contributed by atoms with Gasteiger partial charge in [-0.1, -0.05) is 12.1 Å². The van der Waals surface area contributed by atoms with Crippen LogP contribution in [0.25, 0.3) is 0 Å². The Labute approximate surface area is 99.2 Å². The number of halogens is 3. The summed E-state index contributed by atoms with van der Waals surface area (Å²) in [5, 5.41) is 0. The SMILES string of the molecule is CC(C)N(CC(F)(F)F)c1ccc(CN)cc1. The van der Waals surface area contributed by atoms with E-state index in [0.717, 1.165) is 5.56 Å². The van der Waals surface area contributed by atoms with Crippen LogP contribution in [0.4, 0.5) is 18.9 Å². The molecule has 2 nitrogen and oxygen atoms in total. The maximum absolute atomic E-state index is 12.4. The van der Waals surface area contributed by atoms with Gasteiger partial charge in [0.2, 0.25) is 0 Å². The summed E-state index contributed by atoms with van der Waals surface area (Å²) in [5.74, 6) is 0. The summed E-state index contributed by atoms with van der Waals surface area (Å²) in [4.78, 5) is 1.32. The fraction of sp³-hybridized carbons (Fsp3) is 0.500. The van der Waals surface area contributed by atoms with Crippen molar-refractivity contribution in [1.29, 1.82) is 0 Å². The van der Waals surface area contributed by atoms with Gasteiger partial charge in [0, 0.05) is 18.3 Å². The van der Waals surface area contributed by atoms with Gasteiger partial charge in [0.05, 0.1) is 0 Å². The Hall–Kier alpha value is -1.23. The van der Waals surface area contributed by atoms with Crippen molar-refractivity contribution >= 4 is 5.69 Å². The minimum Gasteiger partial charge on any atom is -0.360 e. The zero-order valence-corrected chi connectivity index (χ0v) is 9.96. The molecule has 0 aliphatic heterocycles. The van der Waals surface area contributed by atoms with Gasteiger partial charge in [0.25, 0.3) is 0 Å². The molecule has 1 aromatic carbocycles. The van der Waals surface area contributed by atoms with Gasteiger partial charge in [-0.2, -0.15) is 13.2 Å². The highest BCUT2D eigenvalue weighted by molar-refractivity contribution is 5.48. The largest absolute Gasteiger partial charge is 0.405 e. The first kappa shape index (κ1) is 13.8. The highest BCUT2D eigenvalue weighted by Crippen LogP contribution is 2.24. The van der Waals surface area contributed by atoms with Crippen molar-refractivity contribution < 1.29 is 13.2 Å². The maximum Gasteiger partial charge on any atom is 0.405 e. The van der Waals surface area contributed by atoms with Crippen LogP contribution in [0.15, 0.2) is 24.3 Å². The molecule has 0 saturated carbocycles. The van der Waals surface area contributed by atoms with Crippen molar-refractivity contribution in [3.8, 4) is 0 Å². The average molecular weight is 246 g/mol. The van der Waals surface area contributed by atoms with Crippen LogP contribution in [0.1, 0.15) is 19.4 Å². The molecular formula is C12H17F3N2. The fourth-order valence-corrected chi connectivity index (χ4v) is 1.59. The lowest BCUT2D eigenvalue weighted by Crippen LogP contribution is -2.39. The number of benzene rings is 1. The normalized spacial score (nSPS) is 11.9. The topological polar surface area (TPSA) is 29.3 Å². The van der Waals surface area contributed by atoms with E-state index in [1.807, 2.05) is 0 Å². The van der Waals surface area contributed by atoms with Crippen LogP contribution in [-0.4, -0.2) is 18.8 Å². The van der Waals surface area contributed by atoms with Crippen LogP contribution in [0, 0.1) is 0 Å². The van der Waals surface area contributed by atoms with Gasteiger partial charge in [-0.25, -0.2) is 0 Å². The number of rotatable bonds is 4. The summed E-state index contributed by atoms with van der Waals surface area (Å²) in [5.41, 5.74) is 6.92. The molecule has 0 unspecified atom stereocenters. The Morgan fingerprint density at radius 1 is 1.18 bits per heavy atom. The number of hydrogen-bond donors (Lipinski definition) is 1. The van der Waals surface area contributed by atoms with E-state index in [0.29, 0.717) is 12.2 Å². The van der Waals surface area contributed by atoms with Crippen LogP contribution in [-0.2, 0) is 6.54 Å². The van der Waals surface area contributed by atoms with E-state index < -0.39 is 12.7 Å². The second-order valence-electron chi connectivity index (χ2n) is 4.21. The molecule has 0 aliphatic carbocycles. The molecule has 0 aliphatic rings. The van der Waals surface area contributed by atoms with E-state index in [4.69, 9.17) is 5.73 Å². The lowest BCUT2D eigenvalue weighted by atomic mass is 10.1. The third-order valence-corrected chi connectivity index (χ3v) is 2.48. The third-order valence-electron chi connectivity index (χ3n) is 2.48. The number of anilines is 1. The summed E-state index contributed by atoms with van der Waals surface area (Å²) in [7, 11) is 0. The zero-order valence-electron chi connectivity index (χ0n) is 9.96. The Bertz CT molecular complexity index is 344. The summed E-state index contributed by atoms with van der Waals surface area (Å²) in [6.45, 7) is 2.93. The van der Waals surface area contributed by atoms with Gasteiger partial charge in [-0.15, -0.1) is 0 Å². The van der Waals surface area contributed by atoms with Gasteiger partial charge in [0.15, 0.2) is 0 Å². The van der Waals surface area contributed by atoms with Gasteiger partial charge in [0.1, 0.15) is 6.54 Å². The molecule has 0 spiro atoms. The monoisotopic (exact) mass is 246 g/mol. The Kier molecular flexibility index (Phi) is 4.40. The standard InChI is InChI=1S/C12H17F3N2/c1-9(2)17(8-12(13,14)15)11-5-3-10(7-16)4-6-11/h3-6,9H,7-8,16H2,1-2H3. The van der Waals surface area contributed by atoms with E-state index in [1.165, 1.54) is 4.90 Å². The number of alkyl halides is 3. The summed E-state index contributed by atoms with van der Waals surface area (Å²) in [6, 6.07) is 6.64. The first-order valence-corrected chi connectivity index (χ1v) is 5.46. The molecule has 0 amide bonds. The van der Waals surface area contributed by atoms with Crippen LogP contribution in [0.3, 0.4) is 0 Å². The fourth-order valence-electron chi connectivity index (χ4n) is 1.59. The third kappa shape index (κ3) is 4.26. The van der Waals surface area contributed by atoms with Gasteiger partial charge >= 0.3 is 6.18 Å². The molecule has 2 N–H and O–H groups in total. The first-order chi connectivity index (χ1) is 7.83. The summed E-state index contributed by atoms with van der Waals surface area (Å²) < 4.78 is 37.3. The van der Waals surface area contributed by atoms with E-state index in [9.17, 15) is 13.2 Å². The molecule has 1 aromatic rings. The van der Waals surface area contributed by atoms with Crippen LogP contribution in [0.2, 0.25) is 0 Å². The zero-order chi connectivity index (χ0) is 13.1. The van der Waals surface area contributed by atoms with Crippen molar-refractivity contribution in [3.05, 3.63) is 29.8 Å². The molecule has 0 aromatic heterocycles. The van der Waals surface area contributed by atoms with Crippen molar-refractivity contribution in [2.75, 3.05) is 11.4 Å². The van der Waals surface area contributed by atoms with Crippen molar-refractivity contribution in [2.24, 2.45) is 5.73 Å². The summed E-state index contributed by atoms with van der Waals surface area (Å²) in [6.07, 6.45) is -4.20. The van der Waals surface area contributed by atoms with Crippen molar-refractivity contribution in [2.45, 2.75) is 32.6 Å². The lowest BCUT2D eigenvalue weighted by molar-refractivity contribution is -0.120. The van der Waals surface area contributed by atoms with Gasteiger partial charge in [-0.05, 0) is 31.5 Å². The highest BCUT2D eigenvalue weighted by Gasteiger charge is 2.31. The maximum atomic E-state index is 12.4. The van der Waals surface area contributed by atoms with Crippen LogP contribution < -0.4 is 10.6 Å². The minimum absolute atomic E-state index is 0.208. The minimum atomic E-state index is -4.20. The molecule has 0 heterocycles. The predicted molar refractivity (Wildman–Crippen MR) is 62.9 cm³/mol. The number of nitrogens with two attached hydrogens (primary N) is 1. The molecule has 0 saturated heterocycles. The van der Waals surface area contributed by atoms with Crippen molar-refractivity contribution in [1.82, 2.24) is 0 Å². The van der Waals surface area contributed by atoms with Crippen LogP contribution in [0.5, 0.6) is 0 Å². The highest BCUT2D eigenvalue weighted by atomic mass is 19.4. The second kappa shape index (κ2) is 5.40. The average Bonchev–Trinajstić information content (AvgIpc) is 2.25.